The molecule has 0 fully saturated rings. The van der Waals surface area contributed by atoms with Crippen molar-refractivity contribution >= 4 is 26.6 Å². The standard InChI is InChI=1S/C10H10INO2/c1-10(2)8-5-3-4-6-9(8)11(14-10)12-7-13/h3-6H,1-2H3. The summed E-state index contributed by atoms with van der Waals surface area (Å²) >= 11 is -2.08. The van der Waals surface area contributed by atoms with Crippen molar-refractivity contribution < 1.29 is 7.86 Å². The van der Waals surface area contributed by atoms with Crippen molar-refractivity contribution in [1.29, 1.82) is 0 Å². The molecule has 0 atom stereocenters. The predicted molar refractivity (Wildman–Crippen MR) is 61.4 cm³/mol. The summed E-state index contributed by atoms with van der Waals surface area (Å²) in [6.45, 7) is 4.01. The predicted octanol–water partition coefficient (Wildman–Crippen LogP) is 2.79. The van der Waals surface area contributed by atoms with Gasteiger partial charge in [-0.15, -0.1) is 0 Å². The van der Waals surface area contributed by atoms with E-state index in [2.05, 4.69) is 3.21 Å². The van der Waals surface area contributed by atoms with E-state index >= 15 is 0 Å². The van der Waals surface area contributed by atoms with Gasteiger partial charge in [0.15, 0.2) is 0 Å². The van der Waals surface area contributed by atoms with Gasteiger partial charge in [-0.25, -0.2) is 0 Å². The SMILES string of the molecule is CC1(C)OI(N=C=O)c2ccccc21. The van der Waals surface area contributed by atoms with Crippen molar-refractivity contribution in [3.63, 3.8) is 0 Å². The number of nitrogens with zero attached hydrogens (tertiary/aromatic N) is 1. The number of hydrogen-bond acceptors (Lipinski definition) is 3. The number of isocyanates is 1. The first kappa shape index (κ1) is 9.83. The maximum absolute atomic E-state index is 10.2. The number of rotatable bonds is 1. The Labute approximate surface area is 90.5 Å². The summed E-state index contributed by atoms with van der Waals surface area (Å²) in [6.07, 6.45) is 1.61. The van der Waals surface area contributed by atoms with Gasteiger partial charge in [0.2, 0.25) is 0 Å². The molecule has 0 saturated heterocycles. The number of hydrogen-bond donors (Lipinski definition) is 0. The quantitative estimate of drug-likeness (QED) is 0.454. The Kier molecular flexibility index (Phi) is 2.43. The molecule has 0 saturated carbocycles. The molecule has 1 aliphatic rings. The molecule has 0 aliphatic carbocycles. The van der Waals surface area contributed by atoms with Gasteiger partial charge in [-0.3, -0.25) is 0 Å². The molecule has 1 aromatic carbocycles. The van der Waals surface area contributed by atoms with Gasteiger partial charge >= 0.3 is 90.5 Å². The molecule has 0 aromatic heterocycles. The first-order chi connectivity index (χ1) is 6.65. The van der Waals surface area contributed by atoms with Crippen LogP contribution in [-0.2, 0) is 13.5 Å². The van der Waals surface area contributed by atoms with E-state index in [4.69, 9.17) is 3.07 Å². The number of carbonyl (C=O) groups excluding carboxylic acids is 1. The van der Waals surface area contributed by atoms with Crippen LogP contribution in [0.2, 0.25) is 0 Å². The fourth-order valence-corrected chi connectivity index (χ4v) is 5.35. The van der Waals surface area contributed by atoms with Gasteiger partial charge < -0.3 is 0 Å². The second kappa shape index (κ2) is 3.46. The summed E-state index contributed by atoms with van der Waals surface area (Å²) in [5.74, 6) is 0. The van der Waals surface area contributed by atoms with Crippen LogP contribution >= 0.6 is 20.5 Å². The van der Waals surface area contributed by atoms with E-state index in [1.165, 1.54) is 0 Å². The minimum absolute atomic E-state index is 0.304. The molecule has 1 heterocycles. The zero-order valence-electron chi connectivity index (χ0n) is 7.95. The molecule has 3 nitrogen and oxygen atoms in total. The number of fused-ring (bicyclic) bond motifs is 1. The first-order valence-electron chi connectivity index (χ1n) is 4.22. The van der Waals surface area contributed by atoms with Gasteiger partial charge in [0.05, 0.1) is 0 Å². The van der Waals surface area contributed by atoms with Crippen LogP contribution in [0.4, 0.5) is 0 Å². The second-order valence-corrected chi connectivity index (χ2v) is 6.88. The van der Waals surface area contributed by atoms with Crippen LogP contribution in [0.1, 0.15) is 19.4 Å². The van der Waals surface area contributed by atoms with Crippen LogP contribution in [0.25, 0.3) is 0 Å². The van der Waals surface area contributed by atoms with Gasteiger partial charge in [-0.2, -0.15) is 0 Å². The summed E-state index contributed by atoms with van der Waals surface area (Å²) in [4.78, 5) is 10.2. The molecule has 0 N–H and O–H groups in total. The first-order valence-corrected chi connectivity index (χ1v) is 7.15. The Bertz CT molecular complexity index is 410. The van der Waals surface area contributed by atoms with Crippen molar-refractivity contribution in [2.45, 2.75) is 19.4 Å². The molecule has 74 valence electrons. The average molecular weight is 303 g/mol. The van der Waals surface area contributed by atoms with Crippen molar-refractivity contribution in [2.24, 2.45) is 3.21 Å². The Morgan fingerprint density at radius 3 is 2.86 bits per heavy atom. The molecule has 0 radical (unpaired) electrons. The zero-order chi connectivity index (χ0) is 10.2. The van der Waals surface area contributed by atoms with Crippen molar-refractivity contribution in [2.75, 3.05) is 0 Å². The van der Waals surface area contributed by atoms with Crippen LogP contribution in [0.3, 0.4) is 0 Å². The Balaban J connectivity index is 2.54. The van der Waals surface area contributed by atoms with Gasteiger partial charge in [0.25, 0.3) is 0 Å². The van der Waals surface area contributed by atoms with E-state index in [0.717, 1.165) is 9.13 Å². The van der Waals surface area contributed by atoms with Gasteiger partial charge in [0.1, 0.15) is 0 Å². The zero-order valence-corrected chi connectivity index (χ0v) is 10.1. The third-order valence-electron chi connectivity index (χ3n) is 2.07. The van der Waals surface area contributed by atoms with Crippen LogP contribution in [0.15, 0.2) is 27.5 Å². The molecular formula is C10H10INO2. The van der Waals surface area contributed by atoms with Crippen LogP contribution in [-0.4, -0.2) is 6.08 Å². The fraction of sp³-hybridized carbons (Fsp3) is 0.300. The molecule has 0 bridgehead atoms. The molecule has 0 amide bonds. The topological polar surface area (TPSA) is 38.7 Å². The van der Waals surface area contributed by atoms with Gasteiger partial charge in [-0.1, -0.05) is 0 Å². The maximum atomic E-state index is 10.2. The summed E-state index contributed by atoms with van der Waals surface area (Å²) in [5, 5.41) is 0. The Morgan fingerprint density at radius 2 is 2.14 bits per heavy atom. The average Bonchev–Trinajstić information content (AvgIpc) is 2.41. The van der Waals surface area contributed by atoms with Gasteiger partial charge in [-0.05, 0) is 0 Å². The molecule has 0 spiro atoms. The van der Waals surface area contributed by atoms with E-state index in [0.29, 0.717) is 0 Å². The van der Waals surface area contributed by atoms with E-state index in [9.17, 15) is 4.79 Å². The molecule has 1 aromatic rings. The number of benzene rings is 1. The second-order valence-electron chi connectivity index (χ2n) is 3.47. The Morgan fingerprint density at radius 1 is 1.43 bits per heavy atom. The van der Waals surface area contributed by atoms with Crippen LogP contribution < -0.4 is 0 Å². The third kappa shape index (κ3) is 1.49. The third-order valence-corrected chi connectivity index (χ3v) is 6.16. The molecule has 4 heteroatoms. The van der Waals surface area contributed by atoms with Crippen molar-refractivity contribution in [1.82, 2.24) is 0 Å². The normalized spacial score (nSPS) is 20.0. The molecule has 2 rings (SSSR count). The molecule has 1 aliphatic heterocycles. The summed E-state index contributed by atoms with van der Waals surface area (Å²) < 4.78 is 10.7. The van der Waals surface area contributed by atoms with Crippen molar-refractivity contribution in [3.05, 3.63) is 33.4 Å². The van der Waals surface area contributed by atoms with E-state index in [-0.39, 0.29) is 5.60 Å². The Hall–Kier alpha value is -0.710. The van der Waals surface area contributed by atoms with E-state index < -0.39 is 20.5 Å². The van der Waals surface area contributed by atoms with E-state index in [1.54, 1.807) is 6.08 Å². The molecule has 0 unspecified atom stereocenters. The monoisotopic (exact) mass is 303 g/mol. The van der Waals surface area contributed by atoms with Gasteiger partial charge in [0, 0.05) is 0 Å². The summed E-state index contributed by atoms with van der Waals surface area (Å²) in [7, 11) is 0. The number of halogens is 1. The summed E-state index contributed by atoms with van der Waals surface area (Å²) in [6, 6.07) is 7.96. The fourth-order valence-electron chi connectivity index (χ4n) is 1.45. The summed E-state index contributed by atoms with van der Waals surface area (Å²) in [5.41, 5.74) is 0.853. The minimum atomic E-state index is -2.08. The van der Waals surface area contributed by atoms with Crippen LogP contribution in [0.5, 0.6) is 0 Å². The van der Waals surface area contributed by atoms with Crippen molar-refractivity contribution in [3.8, 4) is 0 Å². The van der Waals surface area contributed by atoms with E-state index in [1.807, 2.05) is 38.1 Å². The molecule has 14 heavy (non-hydrogen) atoms. The van der Waals surface area contributed by atoms with Crippen LogP contribution in [0, 0.1) is 3.57 Å². The molecular weight excluding hydrogens is 293 g/mol.